The van der Waals surface area contributed by atoms with Gasteiger partial charge in [0, 0.05) is 18.1 Å². The van der Waals surface area contributed by atoms with Gasteiger partial charge in [-0.2, -0.15) is 0 Å². The van der Waals surface area contributed by atoms with Gasteiger partial charge in [0.15, 0.2) is 0 Å². The van der Waals surface area contributed by atoms with Crippen LogP contribution in [0.3, 0.4) is 0 Å². The van der Waals surface area contributed by atoms with Crippen molar-refractivity contribution in [3.63, 3.8) is 0 Å². The number of nitrogens with one attached hydrogen (secondary N) is 1. The molecule has 1 amide bonds. The van der Waals surface area contributed by atoms with Crippen LogP contribution in [0.5, 0.6) is 0 Å². The second kappa shape index (κ2) is 6.76. The van der Waals surface area contributed by atoms with Gasteiger partial charge in [0.25, 0.3) is 0 Å². The van der Waals surface area contributed by atoms with Crippen LogP contribution in [-0.4, -0.2) is 22.0 Å². The van der Waals surface area contributed by atoms with E-state index < -0.39 is 0 Å². The van der Waals surface area contributed by atoms with Gasteiger partial charge in [0.2, 0.25) is 5.91 Å². The Labute approximate surface area is 158 Å². The molecule has 1 fully saturated rings. The van der Waals surface area contributed by atoms with Crippen LogP contribution in [0, 0.1) is 6.92 Å². The van der Waals surface area contributed by atoms with Gasteiger partial charge in [0.1, 0.15) is 5.82 Å². The van der Waals surface area contributed by atoms with E-state index in [0.29, 0.717) is 11.6 Å². The molecule has 1 saturated carbocycles. The predicted molar refractivity (Wildman–Crippen MR) is 104 cm³/mol. The van der Waals surface area contributed by atoms with Crippen LogP contribution in [0.1, 0.15) is 30.7 Å². The molecule has 1 aromatic heterocycles. The second-order valence-electron chi connectivity index (χ2n) is 7.00. The summed E-state index contributed by atoms with van der Waals surface area (Å²) in [5.41, 5.74) is 2.82. The first-order chi connectivity index (χ1) is 12.6. The molecule has 0 saturated heterocycles. The lowest BCUT2D eigenvalue weighted by atomic mass is 9.95. The maximum Gasteiger partial charge on any atom is 0.230 e. The van der Waals surface area contributed by atoms with E-state index in [2.05, 4.69) is 20.9 Å². The van der Waals surface area contributed by atoms with Gasteiger partial charge in [-0.15, -0.1) is 0 Å². The van der Waals surface area contributed by atoms with Crippen molar-refractivity contribution in [1.29, 1.82) is 0 Å². The number of fused-ring (bicyclic) bond motifs is 1. The van der Waals surface area contributed by atoms with Crippen LogP contribution in [0.15, 0.2) is 48.5 Å². The summed E-state index contributed by atoms with van der Waals surface area (Å²) in [6, 6.07) is 15.8. The van der Waals surface area contributed by atoms with Crippen molar-refractivity contribution in [3.8, 4) is 0 Å². The van der Waals surface area contributed by atoms with Crippen molar-refractivity contribution in [2.75, 3.05) is 6.54 Å². The summed E-state index contributed by atoms with van der Waals surface area (Å²) in [5.74, 6) is 1.13. The fourth-order valence-corrected chi connectivity index (χ4v) is 3.83. The Balaban J connectivity index is 1.36. The normalized spacial score (nSPS) is 15.2. The zero-order chi connectivity index (χ0) is 18.1. The number of aryl methyl sites for hydroxylation is 2. The van der Waals surface area contributed by atoms with Gasteiger partial charge in [-0.3, -0.25) is 4.79 Å². The average Bonchev–Trinajstić information content (AvgIpc) is 3.38. The minimum absolute atomic E-state index is 0.118. The maximum absolute atomic E-state index is 12.7. The highest BCUT2D eigenvalue weighted by atomic mass is 35.5. The third-order valence-corrected chi connectivity index (χ3v) is 5.49. The number of carbonyl (C=O) groups excluding carboxylic acids is 1. The number of rotatable bonds is 6. The summed E-state index contributed by atoms with van der Waals surface area (Å²) in [6.07, 6.45) is 2.66. The quantitative estimate of drug-likeness (QED) is 0.662. The Morgan fingerprint density at radius 2 is 2.04 bits per heavy atom. The van der Waals surface area contributed by atoms with Gasteiger partial charge < -0.3 is 9.88 Å². The number of hydrogen-bond acceptors (Lipinski definition) is 2. The Hall–Kier alpha value is -2.33. The highest BCUT2D eigenvalue weighted by Gasteiger charge is 2.51. The van der Waals surface area contributed by atoms with Crippen LogP contribution >= 0.6 is 11.6 Å². The Morgan fingerprint density at radius 3 is 2.81 bits per heavy atom. The van der Waals surface area contributed by atoms with Crippen LogP contribution in [0.25, 0.3) is 11.0 Å². The molecule has 1 aliphatic carbocycles. The van der Waals surface area contributed by atoms with Gasteiger partial charge >= 0.3 is 0 Å². The average molecular weight is 368 g/mol. The number of para-hydroxylation sites is 2. The van der Waals surface area contributed by atoms with Crippen molar-refractivity contribution in [1.82, 2.24) is 14.9 Å². The summed E-state index contributed by atoms with van der Waals surface area (Å²) < 4.78 is 2.21. The Morgan fingerprint density at radius 1 is 1.23 bits per heavy atom. The van der Waals surface area contributed by atoms with Crippen LogP contribution < -0.4 is 5.32 Å². The lowest BCUT2D eigenvalue weighted by Crippen LogP contribution is -2.35. The van der Waals surface area contributed by atoms with Gasteiger partial charge in [-0.05, 0) is 56.0 Å². The molecule has 0 aliphatic heterocycles. The molecule has 0 unspecified atom stereocenters. The van der Waals surface area contributed by atoms with Gasteiger partial charge in [0.05, 0.1) is 16.4 Å². The van der Waals surface area contributed by atoms with Gasteiger partial charge in [-0.25, -0.2) is 4.98 Å². The summed E-state index contributed by atoms with van der Waals surface area (Å²) in [5, 5.41) is 3.80. The van der Waals surface area contributed by atoms with E-state index in [1.54, 1.807) is 0 Å². The molecule has 1 N–H and O–H groups in total. The van der Waals surface area contributed by atoms with E-state index in [1.807, 2.05) is 49.4 Å². The smallest absolute Gasteiger partial charge is 0.230 e. The predicted octanol–water partition coefficient (Wildman–Crippen LogP) is 4.24. The number of carbonyl (C=O) groups is 1. The van der Waals surface area contributed by atoms with Crippen LogP contribution in [-0.2, 0) is 16.8 Å². The largest absolute Gasteiger partial charge is 0.355 e. The SMILES string of the molecule is Cc1nc2ccccc2n1CCCNC(=O)C1(c2cccc(Cl)c2)CC1. The number of imidazole rings is 1. The molecule has 0 atom stereocenters. The molecule has 4 rings (SSSR count). The lowest BCUT2D eigenvalue weighted by Gasteiger charge is -2.16. The fraction of sp³-hybridized carbons (Fsp3) is 0.333. The zero-order valence-electron chi connectivity index (χ0n) is 14.8. The molecule has 26 heavy (non-hydrogen) atoms. The number of nitrogens with zero attached hydrogens (tertiary/aromatic N) is 2. The molecule has 5 heteroatoms. The van der Waals surface area contributed by atoms with Crippen molar-refractivity contribution in [2.45, 2.75) is 38.1 Å². The van der Waals surface area contributed by atoms with Crippen molar-refractivity contribution in [2.24, 2.45) is 0 Å². The summed E-state index contributed by atoms with van der Waals surface area (Å²) >= 11 is 6.09. The molecule has 1 heterocycles. The Kier molecular flexibility index (Phi) is 4.45. The van der Waals surface area contributed by atoms with E-state index in [1.165, 1.54) is 0 Å². The first-order valence-corrected chi connectivity index (χ1v) is 9.44. The van der Waals surface area contributed by atoms with Crippen LogP contribution in [0.2, 0.25) is 5.02 Å². The van der Waals surface area contributed by atoms with Crippen LogP contribution in [0.4, 0.5) is 0 Å². The highest BCUT2D eigenvalue weighted by Crippen LogP contribution is 2.48. The van der Waals surface area contributed by atoms with E-state index in [-0.39, 0.29) is 11.3 Å². The molecule has 0 radical (unpaired) electrons. The third-order valence-electron chi connectivity index (χ3n) is 5.25. The first kappa shape index (κ1) is 17.1. The molecule has 0 spiro atoms. The Bertz CT molecular complexity index is 959. The van der Waals surface area contributed by atoms with Crippen molar-refractivity contribution >= 4 is 28.5 Å². The molecule has 1 aliphatic rings. The van der Waals surface area contributed by atoms with Crippen molar-refractivity contribution in [3.05, 3.63) is 64.9 Å². The number of benzene rings is 2. The molecule has 2 aromatic carbocycles. The summed E-state index contributed by atoms with van der Waals surface area (Å²) in [6.45, 7) is 3.53. The topological polar surface area (TPSA) is 46.9 Å². The van der Waals surface area contributed by atoms with E-state index in [0.717, 1.165) is 48.2 Å². The number of amides is 1. The molecule has 3 aromatic rings. The fourth-order valence-electron chi connectivity index (χ4n) is 3.64. The van der Waals surface area contributed by atoms with E-state index in [4.69, 9.17) is 11.6 Å². The number of aromatic nitrogens is 2. The molecule has 134 valence electrons. The monoisotopic (exact) mass is 367 g/mol. The minimum Gasteiger partial charge on any atom is -0.355 e. The lowest BCUT2D eigenvalue weighted by molar-refractivity contribution is -0.123. The number of hydrogen-bond donors (Lipinski definition) is 1. The second-order valence-corrected chi connectivity index (χ2v) is 7.44. The first-order valence-electron chi connectivity index (χ1n) is 9.06. The maximum atomic E-state index is 12.7. The summed E-state index contributed by atoms with van der Waals surface area (Å²) in [4.78, 5) is 17.3. The zero-order valence-corrected chi connectivity index (χ0v) is 15.6. The van der Waals surface area contributed by atoms with Gasteiger partial charge in [-0.1, -0.05) is 35.9 Å². The summed E-state index contributed by atoms with van der Waals surface area (Å²) in [7, 11) is 0. The standard InChI is InChI=1S/C21H22ClN3O/c1-15-24-18-8-2-3-9-19(18)25(15)13-5-12-23-20(26)21(10-11-21)16-6-4-7-17(22)14-16/h2-4,6-9,14H,5,10-13H2,1H3,(H,23,26). The van der Waals surface area contributed by atoms with E-state index >= 15 is 0 Å². The van der Waals surface area contributed by atoms with E-state index in [9.17, 15) is 4.79 Å². The van der Waals surface area contributed by atoms with Crippen molar-refractivity contribution < 1.29 is 4.79 Å². The molecule has 4 nitrogen and oxygen atoms in total. The molecular weight excluding hydrogens is 346 g/mol. The minimum atomic E-state index is -0.373. The third kappa shape index (κ3) is 3.10. The highest BCUT2D eigenvalue weighted by molar-refractivity contribution is 6.30. The molecular formula is C21H22ClN3O. The molecule has 0 bridgehead atoms. The number of halogens is 1.